The van der Waals surface area contributed by atoms with E-state index >= 15 is 0 Å². The molecule has 3 aromatic carbocycles. The lowest BCUT2D eigenvalue weighted by molar-refractivity contribution is -0.929. The fraction of sp³-hybridized carbons (Fsp3) is 0.241. The Bertz CT molecular complexity index is 1310. The summed E-state index contributed by atoms with van der Waals surface area (Å²) in [6, 6.07) is 24.4. The van der Waals surface area contributed by atoms with Crippen LogP contribution in [0.1, 0.15) is 22.7 Å². The number of methoxy groups -OCH3 is 1. The quantitative estimate of drug-likeness (QED) is 0.484. The van der Waals surface area contributed by atoms with Gasteiger partial charge >= 0.3 is 0 Å². The van der Waals surface area contributed by atoms with E-state index in [0.29, 0.717) is 29.5 Å². The highest BCUT2D eigenvalue weighted by Crippen LogP contribution is 2.39. The lowest BCUT2D eigenvalue weighted by atomic mass is 9.96. The van der Waals surface area contributed by atoms with Crippen LogP contribution in [-0.4, -0.2) is 50.0 Å². The van der Waals surface area contributed by atoms with Gasteiger partial charge in [0, 0.05) is 22.2 Å². The van der Waals surface area contributed by atoms with Crippen molar-refractivity contribution >= 4 is 40.7 Å². The number of carbonyl (C=O) groups excluding carboxylic acids is 2. The molecule has 0 spiro atoms. The van der Waals surface area contributed by atoms with Crippen molar-refractivity contribution in [2.24, 2.45) is 0 Å². The lowest BCUT2D eigenvalue weighted by Crippen LogP contribution is -3.15. The Balaban J connectivity index is 1.38. The molecule has 3 aromatic rings. The molecule has 8 heteroatoms. The highest BCUT2D eigenvalue weighted by molar-refractivity contribution is 6.52. The number of hydrogen-bond donors (Lipinski definition) is 1. The number of carbonyl (C=O) groups is 2. The summed E-state index contributed by atoms with van der Waals surface area (Å²) in [6.45, 7) is 4.57. The van der Waals surface area contributed by atoms with Gasteiger partial charge in [0.05, 0.1) is 39.0 Å². The molecule has 1 N–H and O–H groups in total. The Morgan fingerprint density at radius 2 is 1.43 bits per heavy atom. The Morgan fingerprint density at radius 3 is 1.97 bits per heavy atom. The first kappa shape index (κ1) is 25.3. The van der Waals surface area contributed by atoms with E-state index in [1.165, 1.54) is 23.1 Å². The Kier molecular flexibility index (Phi) is 7.24. The van der Waals surface area contributed by atoms with Gasteiger partial charge in [-0.25, -0.2) is 4.90 Å². The van der Waals surface area contributed by atoms with E-state index in [2.05, 4.69) is 48.5 Å². The molecule has 6 nitrogen and oxygen atoms in total. The van der Waals surface area contributed by atoms with E-state index in [1.807, 2.05) is 24.0 Å². The molecule has 0 bridgehead atoms. The van der Waals surface area contributed by atoms with E-state index < -0.39 is 11.8 Å². The van der Waals surface area contributed by atoms with Crippen LogP contribution < -0.4 is 14.5 Å². The fourth-order valence-electron chi connectivity index (χ4n) is 5.23. The third-order valence-corrected chi connectivity index (χ3v) is 7.85. The maximum absolute atomic E-state index is 13.6. The second-order valence-corrected chi connectivity index (χ2v) is 10.1. The molecular formula is C29H28Cl2N3O3+. The highest BCUT2D eigenvalue weighted by atomic mass is 35.5. The van der Waals surface area contributed by atoms with Gasteiger partial charge in [0.15, 0.2) is 0 Å². The summed E-state index contributed by atoms with van der Waals surface area (Å²) in [6.07, 6.45) is 0. The van der Waals surface area contributed by atoms with Gasteiger partial charge in [-0.05, 0) is 18.6 Å². The molecule has 5 rings (SSSR count). The first-order chi connectivity index (χ1) is 17.9. The van der Waals surface area contributed by atoms with Crippen LogP contribution in [0.5, 0.6) is 5.75 Å². The van der Waals surface area contributed by atoms with Gasteiger partial charge in [0.2, 0.25) is 0 Å². The number of nitrogens with one attached hydrogen (secondary N) is 1. The summed E-state index contributed by atoms with van der Waals surface area (Å²) >= 11 is 12.7. The predicted octanol–water partition coefficient (Wildman–Crippen LogP) is 3.97. The minimum Gasteiger partial charge on any atom is -0.494 e. The molecule has 0 unspecified atom stereocenters. The lowest BCUT2D eigenvalue weighted by Gasteiger charge is -2.38. The molecule has 2 amide bonds. The first-order valence-corrected chi connectivity index (χ1v) is 13.0. The summed E-state index contributed by atoms with van der Waals surface area (Å²) in [5, 5.41) is 0.426. The van der Waals surface area contributed by atoms with Crippen LogP contribution in [0.4, 0.5) is 5.69 Å². The zero-order valence-electron chi connectivity index (χ0n) is 20.7. The fourth-order valence-corrected chi connectivity index (χ4v) is 5.67. The van der Waals surface area contributed by atoms with E-state index in [0.717, 1.165) is 23.6 Å². The number of rotatable bonds is 6. The van der Waals surface area contributed by atoms with Crippen LogP contribution in [0.3, 0.4) is 0 Å². The molecule has 190 valence electrons. The van der Waals surface area contributed by atoms with E-state index in [4.69, 9.17) is 27.9 Å². The molecule has 1 fully saturated rings. The number of hydrogen-bond acceptors (Lipinski definition) is 4. The van der Waals surface area contributed by atoms with Gasteiger partial charge in [-0.2, -0.15) is 0 Å². The third-order valence-electron chi connectivity index (χ3n) is 7.10. The second-order valence-electron chi connectivity index (χ2n) is 9.28. The van der Waals surface area contributed by atoms with Crippen LogP contribution >= 0.6 is 23.2 Å². The molecule has 2 heterocycles. The predicted molar refractivity (Wildman–Crippen MR) is 145 cm³/mol. The van der Waals surface area contributed by atoms with Crippen LogP contribution in [-0.2, 0) is 9.59 Å². The van der Waals surface area contributed by atoms with Gasteiger partial charge in [0.1, 0.15) is 22.5 Å². The largest absolute Gasteiger partial charge is 0.494 e. The zero-order valence-corrected chi connectivity index (χ0v) is 22.2. The number of imide groups is 1. The van der Waals surface area contributed by atoms with Crippen molar-refractivity contribution < 1.29 is 19.2 Å². The smallest absolute Gasteiger partial charge is 0.283 e. The van der Waals surface area contributed by atoms with Gasteiger partial charge in [-0.15, -0.1) is 0 Å². The maximum Gasteiger partial charge on any atom is 0.283 e. The van der Waals surface area contributed by atoms with Crippen molar-refractivity contribution in [1.29, 1.82) is 0 Å². The SMILES string of the molecule is COc1cc(Cl)c(C)cc1N1C(=O)C(Cl)=C(N2CC[NH+](C(c3ccccc3)c3ccccc3)CC2)C1=O. The van der Waals surface area contributed by atoms with Crippen molar-refractivity contribution in [3.8, 4) is 5.75 Å². The molecule has 0 aliphatic carbocycles. The molecular weight excluding hydrogens is 509 g/mol. The zero-order chi connectivity index (χ0) is 26.1. The third kappa shape index (κ3) is 4.73. The van der Waals surface area contributed by atoms with Gasteiger partial charge in [0.25, 0.3) is 11.8 Å². The molecule has 0 atom stereocenters. The number of quaternary nitrogens is 1. The minimum atomic E-state index is -0.553. The monoisotopic (exact) mass is 536 g/mol. The molecule has 0 radical (unpaired) electrons. The highest BCUT2D eigenvalue weighted by Gasteiger charge is 2.44. The average Bonchev–Trinajstić information content (AvgIpc) is 3.14. The number of halogens is 2. The number of amides is 2. The number of anilines is 1. The van der Waals surface area contributed by atoms with Crippen molar-refractivity contribution in [3.05, 3.63) is 105 Å². The molecule has 1 saturated heterocycles. The summed E-state index contributed by atoms with van der Waals surface area (Å²) < 4.78 is 5.42. The van der Waals surface area contributed by atoms with Crippen LogP contribution in [0.2, 0.25) is 5.02 Å². The minimum absolute atomic E-state index is 0.0641. The second kappa shape index (κ2) is 10.6. The molecule has 0 saturated carbocycles. The summed E-state index contributed by atoms with van der Waals surface area (Å²) in [5.41, 5.74) is 3.81. The molecule has 2 aliphatic rings. The average molecular weight is 537 g/mol. The molecule has 2 aliphatic heterocycles. The van der Waals surface area contributed by atoms with E-state index in [-0.39, 0.29) is 16.8 Å². The topological polar surface area (TPSA) is 54.3 Å². The molecule has 0 aromatic heterocycles. The standard InChI is InChI=1S/C29H27Cl2N3O3/c1-19-17-23(24(37-2)18-22(19)30)34-28(35)25(31)27(29(34)36)33-15-13-32(14-16-33)26(20-9-5-3-6-10-20)21-11-7-4-8-12-21/h3-12,17-18,26H,13-16H2,1-2H3/p+1. The Hall–Kier alpha value is -3.32. The van der Waals surface area contributed by atoms with Crippen molar-refractivity contribution in [2.75, 3.05) is 38.2 Å². The van der Waals surface area contributed by atoms with E-state index in [9.17, 15) is 9.59 Å². The normalized spacial score (nSPS) is 16.8. The van der Waals surface area contributed by atoms with Gasteiger partial charge < -0.3 is 14.5 Å². The van der Waals surface area contributed by atoms with Crippen LogP contribution in [0, 0.1) is 6.92 Å². The summed E-state index contributed by atoms with van der Waals surface area (Å²) in [4.78, 5) is 31.2. The number of piperazine rings is 1. The summed E-state index contributed by atoms with van der Waals surface area (Å²) in [7, 11) is 1.48. The number of ether oxygens (including phenoxy) is 1. The van der Waals surface area contributed by atoms with Gasteiger partial charge in [-0.1, -0.05) is 83.9 Å². The number of aryl methyl sites for hydroxylation is 1. The van der Waals surface area contributed by atoms with Gasteiger partial charge in [-0.3, -0.25) is 9.59 Å². The summed E-state index contributed by atoms with van der Waals surface area (Å²) in [5.74, 6) is -0.658. The van der Waals surface area contributed by atoms with Crippen LogP contribution in [0.25, 0.3) is 0 Å². The first-order valence-electron chi connectivity index (χ1n) is 12.2. The maximum atomic E-state index is 13.6. The number of benzene rings is 3. The molecule has 37 heavy (non-hydrogen) atoms. The van der Waals surface area contributed by atoms with E-state index in [1.54, 1.807) is 12.1 Å². The van der Waals surface area contributed by atoms with Crippen molar-refractivity contribution in [3.63, 3.8) is 0 Å². The Morgan fingerprint density at radius 1 is 0.865 bits per heavy atom. The van der Waals surface area contributed by atoms with Crippen LogP contribution in [0.15, 0.2) is 83.5 Å². The Labute approximate surface area is 226 Å². The van der Waals surface area contributed by atoms with Crippen molar-refractivity contribution in [1.82, 2.24) is 4.90 Å². The number of nitrogens with zero attached hydrogens (tertiary/aromatic N) is 2. The van der Waals surface area contributed by atoms with Crippen molar-refractivity contribution in [2.45, 2.75) is 13.0 Å².